The molecule has 1 aromatic rings. The van der Waals surface area contributed by atoms with E-state index in [1.54, 1.807) is 0 Å². The summed E-state index contributed by atoms with van der Waals surface area (Å²) in [4.78, 5) is 11.7. The van der Waals surface area contributed by atoms with Gasteiger partial charge >= 0.3 is 0 Å². The fourth-order valence-electron chi connectivity index (χ4n) is 1.47. The number of rotatable bonds is 3. The molecule has 1 aliphatic carbocycles. The normalized spacial score (nSPS) is 16.2. The van der Waals surface area contributed by atoms with Crippen LogP contribution in [-0.2, 0) is 11.3 Å². The minimum atomic E-state index is -0.727. The second-order valence-corrected chi connectivity index (χ2v) is 4.92. The lowest BCUT2D eigenvalue weighted by Crippen LogP contribution is -2.30. The van der Waals surface area contributed by atoms with Gasteiger partial charge in [-0.2, -0.15) is 5.26 Å². The van der Waals surface area contributed by atoms with Crippen molar-refractivity contribution < 1.29 is 4.79 Å². The molecule has 0 atom stereocenters. The van der Waals surface area contributed by atoms with Crippen molar-refractivity contribution in [3.63, 3.8) is 0 Å². The first-order chi connectivity index (χ1) is 7.66. The van der Waals surface area contributed by atoms with E-state index in [9.17, 15) is 4.79 Å². The molecule has 0 radical (unpaired) electrons. The van der Waals surface area contributed by atoms with E-state index in [4.69, 9.17) is 5.26 Å². The van der Waals surface area contributed by atoms with Gasteiger partial charge in [0.05, 0.1) is 6.07 Å². The van der Waals surface area contributed by atoms with Crippen molar-refractivity contribution in [2.24, 2.45) is 5.41 Å². The third-order valence-corrected chi connectivity index (χ3v) is 3.29. The quantitative estimate of drug-likeness (QED) is 0.923. The second-order valence-electron chi connectivity index (χ2n) is 4.00. The topological polar surface area (TPSA) is 52.9 Å². The molecule has 4 heteroatoms. The zero-order valence-corrected chi connectivity index (χ0v) is 10.3. The number of halogens is 1. The van der Waals surface area contributed by atoms with Gasteiger partial charge in [0, 0.05) is 11.0 Å². The molecule has 0 saturated heterocycles. The molecule has 0 unspecified atom stereocenters. The second kappa shape index (κ2) is 4.26. The molecule has 3 nitrogen and oxygen atoms in total. The van der Waals surface area contributed by atoms with Gasteiger partial charge in [-0.15, -0.1) is 0 Å². The maximum absolute atomic E-state index is 11.7. The Balaban J connectivity index is 1.91. The molecule has 1 aliphatic rings. The predicted molar refractivity (Wildman–Crippen MR) is 63.3 cm³/mol. The van der Waals surface area contributed by atoms with E-state index in [0.29, 0.717) is 19.4 Å². The Morgan fingerprint density at radius 3 is 2.56 bits per heavy atom. The van der Waals surface area contributed by atoms with Crippen molar-refractivity contribution in [1.82, 2.24) is 5.32 Å². The van der Waals surface area contributed by atoms with Crippen molar-refractivity contribution in [3.8, 4) is 6.07 Å². The van der Waals surface area contributed by atoms with Crippen LogP contribution in [0.25, 0.3) is 0 Å². The van der Waals surface area contributed by atoms with Crippen LogP contribution >= 0.6 is 15.9 Å². The lowest BCUT2D eigenvalue weighted by atomic mass is 10.1. The highest BCUT2D eigenvalue weighted by Gasteiger charge is 2.50. The van der Waals surface area contributed by atoms with Crippen LogP contribution in [0.4, 0.5) is 0 Å². The Hall–Kier alpha value is -1.34. The van der Waals surface area contributed by atoms with E-state index < -0.39 is 5.41 Å². The average Bonchev–Trinajstić information content (AvgIpc) is 3.09. The highest BCUT2D eigenvalue weighted by molar-refractivity contribution is 9.10. The molecule has 1 aromatic carbocycles. The Kier molecular flexibility index (Phi) is 2.97. The zero-order valence-electron chi connectivity index (χ0n) is 8.66. The van der Waals surface area contributed by atoms with Crippen LogP contribution in [0.2, 0.25) is 0 Å². The van der Waals surface area contributed by atoms with Crippen LogP contribution in [0.15, 0.2) is 28.7 Å². The third-order valence-electron chi connectivity index (χ3n) is 2.76. The van der Waals surface area contributed by atoms with Crippen LogP contribution in [0.1, 0.15) is 18.4 Å². The third kappa shape index (κ3) is 2.25. The van der Waals surface area contributed by atoms with Gasteiger partial charge in [0.15, 0.2) is 0 Å². The van der Waals surface area contributed by atoms with E-state index >= 15 is 0 Å². The minimum absolute atomic E-state index is 0.141. The van der Waals surface area contributed by atoms with Crippen LogP contribution < -0.4 is 5.32 Å². The maximum Gasteiger partial charge on any atom is 0.240 e. The van der Waals surface area contributed by atoms with Crippen molar-refractivity contribution in [2.75, 3.05) is 0 Å². The van der Waals surface area contributed by atoms with Gasteiger partial charge in [0.1, 0.15) is 5.41 Å². The van der Waals surface area contributed by atoms with Crippen molar-refractivity contribution in [3.05, 3.63) is 34.3 Å². The van der Waals surface area contributed by atoms with E-state index in [1.807, 2.05) is 24.3 Å². The first-order valence-corrected chi connectivity index (χ1v) is 5.90. The summed E-state index contributed by atoms with van der Waals surface area (Å²) in [6.07, 6.45) is 1.38. The lowest BCUT2D eigenvalue weighted by molar-refractivity contribution is -0.124. The average molecular weight is 279 g/mol. The number of carbonyl (C=O) groups is 1. The number of benzene rings is 1. The van der Waals surface area contributed by atoms with Gasteiger partial charge in [-0.3, -0.25) is 4.79 Å². The Labute approximate surface area is 103 Å². The van der Waals surface area contributed by atoms with E-state index in [1.165, 1.54) is 0 Å². The molecule has 1 N–H and O–H groups in total. The molecule has 1 saturated carbocycles. The van der Waals surface area contributed by atoms with E-state index in [-0.39, 0.29) is 5.91 Å². The summed E-state index contributed by atoms with van der Waals surface area (Å²) < 4.78 is 1.01. The molecule has 1 fully saturated rings. The van der Waals surface area contributed by atoms with Crippen LogP contribution in [0, 0.1) is 16.7 Å². The predicted octanol–water partition coefficient (Wildman–Crippen LogP) is 2.37. The molecular weight excluding hydrogens is 268 g/mol. The molecule has 16 heavy (non-hydrogen) atoms. The summed E-state index contributed by atoms with van der Waals surface area (Å²) >= 11 is 3.35. The molecule has 2 rings (SSSR count). The molecule has 0 heterocycles. The van der Waals surface area contributed by atoms with Gasteiger partial charge in [-0.1, -0.05) is 28.1 Å². The fourth-order valence-corrected chi connectivity index (χ4v) is 1.73. The molecule has 0 aliphatic heterocycles. The Morgan fingerprint density at radius 1 is 1.44 bits per heavy atom. The number of carbonyl (C=O) groups excluding carboxylic acids is 1. The molecule has 0 aromatic heterocycles. The van der Waals surface area contributed by atoms with Gasteiger partial charge in [0.25, 0.3) is 0 Å². The lowest BCUT2D eigenvalue weighted by Gasteiger charge is -2.08. The smallest absolute Gasteiger partial charge is 0.240 e. The van der Waals surface area contributed by atoms with Gasteiger partial charge in [-0.05, 0) is 30.5 Å². The van der Waals surface area contributed by atoms with Crippen LogP contribution in [-0.4, -0.2) is 5.91 Å². The molecule has 0 spiro atoms. The van der Waals surface area contributed by atoms with Crippen molar-refractivity contribution in [2.45, 2.75) is 19.4 Å². The van der Waals surface area contributed by atoms with Gasteiger partial charge in [0.2, 0.25) is 5.91 Å². The molecule has 82 valence electrons. The summed E-state index contributed by atoms with van der Waals surface area (Å²) in [5.74, 6) is -0.141. The van der Waals surface area contributed by atoms with Crippen molar-refractivity contribution in [1.29, 1.82) is 5.26 Å². The van der Waals surface area contributed by atoms with Gasteiger partial charge < -0.3 is 5.32 Å². The number of hydrogen-bond acceptors (Lipinski definition) is 2. The minimum Gasteiger partial charge on any atom is -0.351 e. The number of nitrogens with zero attached hydrogens (tertiary/aromatic N) is 1. The van der Waals surface area contributed by atoms with E-state index in [2.05, 4.69) is 27.3 Å². The summed E-state index contributed by atoms with van der Waals surface area (Å²) in [6, 6.07) is 9.82. The van der Waals surface area contributed by atoms with E-state index in [0.717, 1.165) is 10.0 Å². The number of nitriles is 1. The Morgan fingerprint density at radius 2 is 2.06 bits per heavy atom. The summed E-state index contributed by atoms with van der Waals surface area (Å²) in [5.41, 5.74) is 0.306. The summed E-state index contributed by atoms with van der Waals surface area (Å²) in [6.45, 7) is 0.482. The molecular formula is C12H11BrN2O. The number of amides is 1. The molecule has 1 amide bonds. The summed E-state index contributed by atoms with van der Waals surface area (Å²) in [7, 11) is 0. The SMILES string of the molecule is N#CC1(C(=O)NCc2ccc(Br)cc2)CC1. The van der Waals surface area contributed by atoms with Gasteiger partial charge in [-0.25, -0.2) is 0 Å². The zero-order chi connectivity index (χ0) is 11.6. The highest BCUT2D eigenvalue weighted by Crippen LogP contribution is 2.44. The van der Waals surface area contributed by atoms with Crippen molar-refractivity contribution >= 4 is 21.8 Å². The van der Waals surface area contributed by atoms with Crippen LogP contribution in [0.5, 0.6) is 0 Å². The number of nitrogens with one attached hydrogen (secondary N) is 1. The number of hydrogen-bond donors (Lipinski definition) is 1. The fraction of sp³-hybridized carbons (Fsp3) is 0.333. The largest absolute Gasteiger partial charge is 0.351 e. The monoisotopic (exact) mass is 278 g/mol. The van der Waals surface area contributed by atoms with Crippen LogP contribution in [0.3, 0.4) is 0 Å². The summed E-state index contributed by atoms with van der Waals surface area (Å²) in [5, 5.41) is 11.6. The standard InChI is InChI=1S/C12H11BrN2O/c13-10-3-1-9(2-4-10)7-15-11(16)12(8-14)5-6-12/h1-4H,5-7H2,(H,15,16). The first-order valence-electron chi connectivity index (χ1n) is 5.10. The Bertz CT molecular complexity index is 443. The molecule has 0 bridgehead atoms. The maximum atomic E-state index is 11.7. The first kappa shape index (κ1) is 11.2. The highest BCUT2D eigenvalue weighted by atomic mass is 79.9.